The van der Waals surface area contributed by atoms with Crippen LogP contribution in [0.25, 0.3) is 0 Å². The summed E-state index contributed by atoms with van der Waals surface area (Å²) in [6.45, 7) is 2.49. The first-order chi connectivity index (χ1) is 10.6. The minimum atomic E-state index is -0.501. The molecule has 0 aromatic rings. The smallest absolute Gasteiger partial charge is 0.222 e. The minimum Gasteiger partial charge on any atom is -0.392 e. The Bertz CT molecular complexity index is 384. The van der Waals surface area contributed by atoms with Crippen LogP contribution in [0.5, 0.6) is 0 Å². The fourth-order valence-corrected chi connectivity index (χ4v) is 4.61. The Morgan fingerprint density at radius 1 is 1.14 bits per heavy atom. The molecule has 1 saturated carbocycles. The summed E-state index contributed by atoms with van der Waals surface area (Å²) in [5, 5.41) is 20.4. The summed E-state index contributed by atoms with van der Waals surface area (Å²) in [6, 6.07) is 0.416. The van der Waals surface area contributed by atoms with Gasteiger partial charge in [-0.15, -0.1) is 0 Å². The molecule has 0 unspecified atom stereocenters. The third-order valence-corrected chi connectivity index (χ3v) is 5.67. The molecule has 3 aliphatic rings. The number of aliphatic hydroxyl groups is 2. The maximum absolute atomic E-state index is 11.7. The van der Waals surface area contributed by atoms with E-state index in [1.165, 1.54) is 32.1 Å². The highest BCUT2D eigenvalue weighted by molar-refractivity contribution is 5.78. The highest BCUT2D eigenvalue weighted by Crippen LogP contribution is 2.34. The summed E-state index contributed by atoms with van der Waals surface area (Å²) in [7, 11) is 0. The van der Waals surface area contributed by atoms with Crippen molar-refractivity contribution in [2.75, 3.05) is 26.2 Å². The monoisotopic (exact) mass is 310 g/mol. The number of amides is 1. The van der Waals surface area contributed by atoms with E-state index in [0.29, 0.717) is 38.0 Å². The van der Waals surface area contributed by atoms with E-state index < -0.39 is 6.10 Å². The van der Waals surface area contributed by atoms with Crippen LogP contribution in [0.1, 0.15) is 51.4 Å². The molecule has 5 heteroatoms. The maximum atomic E-state index is 11.7. The Hall–Kier alpha value is -0.650. The third-order valence-electron chi connectivity index (χ3n) is 5.67. The van der Waals surface area contributed by atoms with E-state index >= 15 is 0 Å². The second-order valence-corrected chi connectivity index (χ2v) is 7.41. The average molecular weight is 310 g/mol. The highest BCUT2D eigenvalue weighted by atomic mass is 16.3. The second-order valence-electron chi connectivity index (χ2n) is 7.41. The molecule has 3 rings (SSSR count). The van der Waals surface area contributed by atoms with E-state index in [1.807, 2.05) is 0 Å². The van der Waals surface area contributed by atoms with Crippen LogP contribution in [0, 0.1) is 5.92 Å². The van der Waals surface area contributed by atoms with Gasteiger partial charge >= 0.3 is 0 Å². The predicted octanol–water partition coefficient (Wildman–Crippen LogP) is 0.985. The summed E-state index contributed by atoms with van der Waals surface area (Å²) in [5.41, 5.74) is 0. The SMILES string of the molecule is O=C1CCCN1C[C@H](O)CN1C[C@@H](O)C[C@H]1C1CCCCC1. The van der Waals surface area contributed by atoms with Gasteiger partial charge in [0.2, 0.25) is 5.91 Å². The van der Waals surface area contributed by atoms with Crippen molar-refractivity contribution in [3.8, 4) is 0 Å². The molecule has 0 aromatic carbocycles. The van der Waals surface area contributed by atoms with Gasteiger partial charge in [-0.05, 0) is 31.6 Å². The van der Waals surface area contributed by atoms with Crippen LogP contribution in [0.4, 0.5) is 0 Å². The van der Waals surface area contributed by atoms with Crippen molar-refractivity contribution in [3.05, 3.63) is 0 Å². The van der Waals surface area contributed by atoms with Crippen molar-refractivity contribution in [2.45, 2.75) is 69.6 Å². The van der Waals surface area contributed by atoms with Gasteiger partial charge in [0.25, 0.3) is 0 Å². The van der Waals surface area contributed by atoms with Gasteiger partial charge in [0, 0.05) is 38.6 Å². The van der Waals surface area contributed by atoms with Crippen molar-refractivity contribution >= 4 is 5.91 Å². The Kier molecular flexibility index (Phi) is 5.37. The molecule has 1 aliphatic carbocycles. The van der Waals surface area contributed by atoms with Gasteiger partial charge in [0.05, 0.1) is 12.2 Å². The molecular weight excluding hydrogens is 280 g/mol. The quantitative estimate of drug-likeness (QED) is 0.795. The van der Waals surface area contributed by atoms with Gasteiger partial charge in [-0.3, -0.25) is 9.69 Å². The number of hydrogen-bond acceptors (Lipinski definition) is 4. The molecule has 22 heavy (non-hydrogen) atoms. The zero-order valence-corrected chi connectivity index (χ0v) is 13.5. The lowest BCUT2D eigenvalue weighted by Gasteiger charge is -2.35. The van der Waals surface area contributed by atoms with E-state index in [0.717, 1.165) is 19.4 Å². The molecule has 1 amide bonds. The molecule has 2 heterocycles. The number of rotatable bonds is 5. The van der Waals surface area contributed by atoms with Gasteiger partial charge in [-0.2, -0.15) is 0 Å². The third kappa shape index (κ3) is 3.81. The maximum Gasteiger partial charge on any atom is 0.222 e. The van der Waals surface area contributed by atoms with Crippen LogP contribution in [0.2, 0.25) is 0 Å². The minimum absolute atomic E-state index is 0.171. The van der Waals surface area contributed by atoms with Gasteiger partial charge in [-0.1, -0.05) is 19.3 Å². The zero-order valence-electron chi connectivity index (χ0n) is 13.5. The number of carbonyl (C=O) groups is 1. The lowest BCUT2D eigenvalue weighted by atomic mass is 9.82. The Morgan fingerprint density at radius 2 is 1.91 bits per heavy atom. The molecule has 5 nitrogen and oxygen atoms in total. The zero-order chi connectivity index (χ0) is 15.5. The van der Waals surface area contributed by atoms with Gasteiger partial charge in [0.15, 0.2) is 0 Å². The van der Waals surface area contributed by atoms with Crippen LogP contribution in [-0.2, 0) is 4.79 Å². The molecule has 0 spiro atoms. The summed E-state index contributed by atoms with van der Waals surface area (Å²) >= 11 is 0. The number of hydrogen-bond donors (Lipinski definition) is 2. The van der Waals surface area contributed by atoms with Crippen molar-refractivity contribution < 1.29 is 15.0 Å². The summed E-state index contributed by atoms with van der Waals surface area (Å²) in [4.78, 5) is 15.7. The van der Waals surface area contributed by atoms with Crippen LogP contribution >= 0.6 is 0 Å². The number of carbonyl (C=O) groups excluding carboxylic acids is 1. The largest absolute Gasteiger partial charge is 0.392 e. The van der Waals surface area contributed by atoms with Crippen LogP contribution in [0.15, 0.2) is 0 Å². The fourth-order valence-electron chi connectivity index (χ4n) is 4.61. The van der Waals surface area contributed by atoms with E-state index in [9.17, 15) is 15.0 Å². The van der Waals surface area contributed by atoms with E-state index in [-0.39, 0.29) is 12.0 Å². The molecule has 0 aromatic heterocycles. The van der Waals surface area contributed by atoms with Crippen molar-refractivity contribution in [1.29, 1.82) is 0 Å². The first-order valence-electron chi connectivity index (χ1n) is 9.01. The highest BCUT2D eigenvalue weighted by Gasteiger charge is 2.37. The Balaban J connectivity index is 1.53. The number of aliphatic hydroxyl groups excluding tert-OH is 2. The Labute approximate surface area is 133 Å². The van der Waals surface area contributed by atoms with E-state index in [1.54, 1.807) is 4.90 Å². The summed E-state index contributed by atoms with van der Waals surface area (Å²) in [6.07, 6.45) is 8.09. The van der Waals surface area contributed by atoms with Crippen molar-refractivity contribution in [2.24, 2.45) is 5.92 Å². The standard InChI is InChI=1S/C17H30N2O3/c20-14-9-16(13-5-2-1-3-6-13)19(10-14)12-15(21)11-18-8-4-7-17(18)22/h13-16,20-21H,1-12H2/t14-,15-,16-/m0/s1. The first kappa shape index (κ1) is 16.2. The van der Waals surface area contributed by atoms with Gasteiger partial charge < -0.3 is 15.1 Å². The molecule has 0 bridgehead atoms. The molecule has 3 fully saturated rings. The second kappa shape index (κ2) is 7.28. The van der Waals surface area contributed by atoms with Crippen LogP contribution in [-0.4, -0.2) is 70.3 Å². The van der Waals surface area contributed by atoms with E-state index in [2.05, 4.69) is 4.90 Å². The number of nitrogens with zero attached hydrogens (tertiary/aromatic N) is 2. The van der Waals surface area contributed by atoms with E-state index in [4.69, 9.17) is 0 Å². The van der Waals surface area contributed by atoms with Crippen LogP contribution in [0.3, 0.4) is 0 Å². The number of likely N-dealkylation sites (tertiary alicyclic amines) is 2. The molecule has 2 N–H and O–H groups in total. The molecule has 0 radical (unpaired) electrons. The predicted molar refractivity (Wildman–Crippen MR) is 84.4 cm³/mol. The summed E-state index contributed by atoms with van der Waals surface area (Å²) in [5.74, 6) is 0.843. The molecule has 3 atom stereocenters. The fraction of sp³-hybridized carbons (Fsp3) is 0.941. The normalized spacial score (nSPS) is 32.8. The molecular formula is C17H30N2O3. The molecule has 2 aliphatic heterocycles. The Morgan fingerprint density at radius 3 is 2.59 bits per heavy atom. The van der Waals surface area contributed by atoms with Crippen molar-refractivity contribution in [3.63, 3.8) is 0 Å². The van der Waals surface area contributed by atoms with Crippen LogP contribution < -0.4 is 0 Å². The van der Waals surface area contributed by atoms with Gasteiger partial charge in [-0.25, -0.2) is 0 Å². The topological polar surface area (TPSA) is 64.0 Å². The molecule has 2 saturated heterocycles. The van der Waals surface area contributed by atoms with Gasteiger partial charge in [0.1, 0.15) is 0 Å². The van der Waals surface area contributed by atoms with Crippen molar-refractivity contribution in [1.82, 2.24) is 9.80 Å². The lowest BCUT2D eigenvalue weighted by Crippen LogP contribution is -2.45. The summed E-state index contributed by atoms with van der Waals surface area (Å²) < 4.78 is 0. The lowest BCUT2D eigenvalue weighted by molar-refractivity contribution is -0.129. The molecule has 126 valence electrons. The first-order valence-corrected chi connectivity index (χ1v) is 9.01. The number of β-amino-alcohol motifs (C(OH)–C–C–N with tert-alkyl or cyclic N) is 2. The average Bonchev–Trinajstić information content (AvgIpc) is 3.06.